The van der Waals surface area contributed by atoms with Crippen LogP contribution in [0, 0.1) is 5.82 Å². The van der Waals surface area contributed by atoms with E-state index in [4.69, 9.17) is 9.84 Å². The van der Waals surface area contributed by atoms with Crippen LogP contribution >= 0.6 is 0 Å². The molecular weight excluding hydrogens is 263 g/mol. The molecule has 5 heteroatoms. The van der Waals surface area contributed by atoms with Crippen LogP contribution in [-0.2, 0) is 11.2 Å². The van der Waals surface area contributed by atoms with E-state index < -0.39 is 11.9 Å². The standard InChI is InChI=1S/C15H11FO4/c16-12-5-1-10(2-6-12)9-14(17)20-13-7-3-11(4-8-13)15(18)19/h1-8H,9H2,(H,18,19). The Labute approximate surface area is 114 Å². The SMILES string of the molecule is O=C(Cc1ccc(F)cc1)Oc1ccc(C(=O)O)cc1. The van der Waals surface area contributed by atoms with Crippen molar-refractivity contribution in [2.24, 2.45) is 0 Å². The number of ether oxygens (including phenoxy) is 1. The molecule has 2 rings (SSSR count). The van der Waals surface area contributed by atoms with Gasteiger partial charge in [-0.1, -0.05) is 12.1 Å². The Balaban J connectivity index is 1.97. The van der Waals surface area contributed by atoms with Gasteiger partial charge in [0.1, 0.15) is 11.6 Å². The molecule has 0 atom stereocenters. The van der Waals surface area contributed by atoms with Gasteiger partial charge in [-0.25, -0.2) is 9.18 Å². The van der Waals surface area contributed by atoms with E-state index in [9.17, 15) is 14.0 Å². The number of carbonyl (C=O) groups excluding carboxylic acids is 1. The van der Waals surface area contributed by atoms with Crippen LogP contribution in [0.2, 0.25) is 0 Å². The molecule has 0 aliphatic rings. The summed E-state index contributed by atoms with van der Waals surface area (Å²) in [5.74, 6) is -1.65. The molecule has 102 valence electrons. The van der Waals surface area contributed by atoms with Gasteiger partial charge in [0.05, 0.1) is 12.0 Å². The van der Waals surface area contributed by atoms with Gasteiger partial charge >= 0.3 is 11.9 Å². The molecule has 0 bridgehead atoms. The minimum absolute atomic E-state index is 0.0148. The molecule has 1 N–H and O–H groups in total. The molecule has 0 radical (unpaired) electrons. The summed E-state index contributed by atoms with van der Waals surface area (Å²) in [7, 11) is 0. The van der Waals surface area contributed by atoms with Gasteiger partial charge in [-0.3, -0.25) is 4.79 Å². The fraction of sp³-hybridized carbons (Fsp3) is 0.0667. The van der Waals surface area contributed by atoms with Gasteiger partial charge in [0, 0.05) is 0 Å². The van der Waals surface area contributed by atoms with Gasteiger partial charge in [0.25, 0.3) is 0 Å². The van der Waals surface area contributed by atoms with Crippen molar-refractivity contribution in [1.29, 1.82) is 0 Å². The van der Waals surface area contributed by atoms with Crippen molar-refractivity contribution in [1.82, 2.24) is 0 Å². The largest absolute Gasteiger partial charge is 0.478 e. The fourth-order valence-corrected chi connectivity index (χ4v) is 1.60. The molecule has 0 aliphatic carbocycles. The quantitative estimate of drug-likeness (QED) is 0.687. The molecule has 4 nitrogen and oxygen atoms in total. The predicted octanol–water partition coefficient (Wildman–Crippen LogP) is 2.67. The maximum absolute atomic E-state index is 12.7. The van der Waals surface area contributed by atoms with Gasteiger partial charge in [-0.05, 0) is 42.0 Å². The summed E-state index contributed by atoms with van der Waals surface area (Å²) in [6.45, 7) is 0. The summed E-state index contributed by atoms with van der Waals surface area (Å²) < 4.78 is 17.8. The highest BCUT2D eigenvalue weighted by Gasteiger charge is 2.08. The van der Waals surface area contributed by atoms with E-state index in [1.165, 1.54) is 48.5 Å². The average molecular weight is 274 g/mol. The molecule has 0 fully saturated rings. The van der Waals surface area contributed by atoms with Crippen molar-refractivity contribution in [3.05, 3.63) is 65.5 Å². The first-order valence-electron chi connectivity index (χ1n) is 5.83. The highest BCUT2D eigenvalue weighted by molar-refractivity contribution is 5.87. The smallest absolute Gasteiger partial charge is 0.335 e. The first kappa shape index (κ1) is 13.7. The normalized spacial score (nSPS) is 10.1. The second-order valence-corrected chi connectivity index (χ2v) is 4.11. The lowest BCUT2D eigenvalue weighted by atomic mass is 10.1. The molecule has 0 saturated carbocycles. The summed E-state index contributed by atoms with van der Waals surface area (Å²) in [5.41, 5.74) is 0.752. The number of rotatable bonds is 4. The topological polar surface area (TPSA) is 63.6 Å². The third-order valence-electron chi connectivity index (χ3n) is 2.59. The first-order valence-corrected chi connectivity index (χ1v) is 5.83. The van der Waals surface area contributed by atoms with Gasteiger partial charge in [-0.15, -0.1) is 0 Å². The van der Waals surface area contributed by atoms with E-state index in [0.717, 1.165) is 0 Å². The highest BCUT2D eigenvalue weighted by atomic mass is 19.1. The molecule has 0 amide bonds. The summed E-state index contributed by atoms with van der Waals surface area (Å²) in [6, 6.07) is 11.1. The van der Waals surface area contributed by atoms with Crippen LogP contribution in [-0.4, -0.2) is 17.0 Å². The number of carboxylic acids is 1. The third-order valence-corrected chi connectivity index (χ3v) is 2.59. The van der Waals surface area contributed by atoms with Crippen LogP contribution in [0.4, 0.5) is 4.39 Å². The van der Waals surface area contributed by atoms with Crippen LogP contribution in [0.25, 0.3) is 0 Å². The van der Waals surface area contributed by atoms with E-state index in [0.29, 0.717) is 5.56 Å². The van der Waals surface area contributed by atoms with Gasteiger partial charge < -0.3 is 9.84 Å². The number of carboxylic acid groups (broad SMARTS) is 1. The van der Waals surface area contributed by atoms with Crippen molar-refractivity contribution in [2.75, 3.05) is 0 Å². The molecule has 0 saturated heterocycles. The van der Waals surface area contributed by atoms with Crippen LogP contribution in [0.5, 0.6) is 5.75 Å². The van der Waals surface area contributed by atoms with Gasteiger partial charge in [0.2, 0.25) is 0 Å². The van der Waals surface area contributed by atoms with Crippen molar-refractivity contribution in [3.8, 4) is 5.75 Å². The maximum atomic E-state index is 12.7. The lowest BCUT2D eigenvalue weighted by Crippen LogP contribution is -2.11. The lowest BCUT2D eigenvalue weighted by molar-refractivity contribution is -0.133. The Morgan fingerprint density at radius 3 is 2.15 bits per heavy atom. The summed E-state index contributed by atoms with van der Waals surface area (Å²) in [4.78, 5) is 22.3. The monoisotopic (exact) mass is 274 g/mol. The Morgan fingerprint density at radius 2 is 1.60 bits per heavy atom. The number of benzene rings is 2. The molecule has 0 aliphatic heterocycles. The minimum atomic E-state index is -1.05. The van der Waals surface area contributed by atoms with Crippen LogP contribution < -0.4 is 4.74 Å². The average Bonchev–Trinajstić information content (AvgIpc) is 2.42. The number of esters is 1. The third kappa shape index (κ3) is 3.65. The van der Waals surface area contributed by atoms with Crippen LogP contribution in [0.3, 0.4) is 0 Å². The summed E-state index contributed by atoms with van der Waals surface area (Å²) in [5, 5.41) is 8.74. The molecule has 20 heavy (non-hydrogen) atoms. The molecule has 2 aromatic carbocycles. The fourth-order valence-electron chi connectivity index (χ4n) is 1.60. The molecule has 2 aromatic rings. The first-order chi connectivity index (χ1) is 9.54. The second-order valence-electron chi connectivity index (χ2n) is 4.11. The van der Waals surface area contributed by atoms with Crippen molar-refractivity contribution >= 4 is 11.9 Å². The van der Waals surface area contributed by atoms with E-state index in [1.807, 2.05) is 0 Å². The van der Waals surface area contributed by atoms with Crippen molar-refractivity contribution in [3.63, 3.8) is 0 Å². The summed E-state index contributed by atoms with van der Waals surface area (Å²) >= 11 is 0. The van der Waals surface area contributed by atoms with Gasteiger partial charge in [0.15, 0.2) is 0 Å². The van der Waals surface area contributed by atoms with Crippen molar-refractivity contribution in [2.45, 2.75) is 6.42 Å². The Kier molecular flexibility index (Phi) is 4.10. The number of hydrogen-bond donors (Lipinski definition) is 1. The lowest BCUT2D eigenvalue weighted by Gasteiger charge is -2.04. The molecule has 0 heterocycles. The highest BCUT2D eigenvalue weighted by Crippen LogP contribution is 2.13. The van der Waals surface area contributed by atoms with Crippen LogP contribution in [0.15, 0.2) is 48.5 Å². The molecule has 0 spiro atoms. The minimum Gasteiger partial charge on any atom is -0.478 e. The number of aromatic carboxylic acids is 1. The molecule has 0 aromatic heterocycles. The Morgan fingerprint density at radius 1 is 1.00 bits per heavy atom. The van der Waals surface area contributed by atoms with E-state index in [1.54, 1.807) is 0 Å². The Hall–Kier alpha value is -2.69. The van der Waals surface area contributed by atoms with Crippen LogP contribution in [0.1, 0.15) is 15.9 Å². The van der Waals surface area contributed by atoms with E-state index >= 15 is 0 Å². The van der Waals surface area contributed by atoms with E-state index in [2.05, 4.69) is 0 Å². The van der Waals surface area contributed by atoms with E-state index in [-0.39, 0.29) is 23.6 Å². The molecule has 0 unspecified atom stereocenters. The van der Waals surface area contributed by atoms with Crippen molar-refractivity contribution < 1.29 is 23.8 Å². The summed E-state index contributed by atoms with van der Waals surface area (Å²) in [6.07, 6.45) is 0.0148. The zero-order valence-electron chi connectivity index (χ0n) is 10.4. The second kappa shape index (κ2) is 5.97. The van der Waals surface area contributed by atoms with Gasteiger partial charge in [-0.2, -0.15) is 0 Å². The number of hydrogen-bond acceptors (Lipinski definition) is 3. The number of halogens is 1. The zero-order chi connectivity index (χ0) is 14.5. The number of carbonyl (C=O) groups is 2. The molecular formula is C15H11FO4. The zero-order valence-corrected chi connectivity index (χ0v) is 10.4. The predicted molar refractivity (Wildman–Crippen MR) is 69.1 cm³/mol. The maximum Gasteiger partial charge on any atom is 0.335 e. The Bertz CT molecular complexity index is 617.